The van der Waals surface area contributed by atoms with E-state index in [1.807, 2.05) is 54.6 Å². The highest BCUT2D eigenvalue weighted by atomic mass is 35.5. The number of hydrogen-bond donors (Lipinski definition) is 1. The predicted molar refractivity (Wildman–Crippen MR) is 120 cm³/mol. The first-order chi connectivity index (χ1) is 15.2. The fourth-order valence-corrected chi connectivity index (χ4v) is 3.60. The number of benzene rings is 2. The molecule has 0 amide bonds. The zero-order valence-electron chi connectivity index (χ0n) is 17.1. The van der Waals surface area contributed by atoms with E-state index in [1.54, 1.807) is 13.3 Å². The van der Waals surface area contributed by atoms with Crippen LogP contribution in [0.1, 0.15) is 17.7 Å². The van der Waals surface area contributed by atoms with Crippen molar-refractivity contribution in [2.45, 2.75) is 19.4 Å². The monoisotopic (exact) mass is 435 g/mol. The highest BCUT2D eigenvalue weighted by Gasteiger charge is 2.15. The number of aryl methyl sites for hydroxylation is 1. The average molecular weight is 436 g/mol. The number of aliphatic hydroxyl groups excluding tert-OH is 1. The van der Waals surface area contributed by atoms with Crippen molar-refractivity contribution in [1.82, 2.24) is 15.1 Å². The second-order valence-electron chi connectivity index (χ2n) is 7.07. The number of ether oxygens (including phenoxy) is 1. The van der Waals surface area contributed by atoms with Crippen molar-refractivity contribution in [3.63, 3.8) is 0 Å². The van der Waals surface area contributed by atoms with E-state index < -0.39 is 0 Å². The van der Waals surface area contributed by atoms with Crippen LogP contribution in [-0.2, 0) is 17.8 Å². The Balaban J connectivity index is 1.62. The SMILES string of the molecule is COCc1cc(-c2nc(-c3ccc(CCCO)nc3)no2)ccc1-c1ccccc1Cl. The molecule has 0 fully saturated rings. The molecule has 158 valence electrons. The standard InChI is InChI=1S/C24H22ClN3O3/c1-30-15-18-13-16(9-11-20(18)21-6-2-3-7-22(21)25)24-27-23(28-31-24)17-8-10-19(26-14-17)5-4-12-29/h2-3,6-11,13-14,29H,4-5,12,15H2,1H3. The van der Waals surface area contributed by atoms with Gasteiger partial charge in [0.2, 0.25) is 5.82 Å². The van der Waals surface area contributed by atoms with E-state index in [4.69, 9.17) is 26.0 Å². The van der Waals surface area contributed by atoms with Gasteiger partial charge in [0.25, 0.3) is 5.89 Å². The number of methoxy groups -OCH3 is 1. The molecule has 0 spiro atoms. The summed E-state index contributed by atoms with van der Waals surface area (Å²) in [5.74, 6) is 0.891. The summed E-state index contributed by atoms with van der Waals surface area (Å²) < 4.78 is 10.9. The van der Waals surface area contributed by atoms with Crippen molar-refractivity contribution in [2.75, 3.05) is 13.7 Å². The van der Waals surface area contributed by atoms with Gasteiger partial charge in [-0.2, -0.15) is 4.98 Å². The molecule has 31 heavy (non-hydrogen) atoms. The van der Waals surface area contributed by atoms with Gasteiger partial charge in [0.15, 0.2) is 0 Å². The molecule has 6 nitrogen and oxygen atoms in total. The quantitative estimate of drug-likeness (QED) is 0.410. The summed E-state index contributed by atoms with van der Waals surface area (Å²) in [6.45, 7) is 0.576. The summed E-state index contributed by atoms with van der Waals surface area (Å²) in [6, 6.07) is 17.4. The highest BCUT2D eigenvalue weighted by Crippen LogP contribution is 2.33. The second kappa shape index (κ2) is 9.83. The van der Waals surface area contributed by atoms with Crippen LogP contribution in [0.5, 0.6) is 0 Å². The van der Waals surface area contributed by atoms with E-state index in [2.05, 4.69) is 15.1 Å². The van der Waals surface area contributed by atoms with Crippen molar-refractivity contribution < 1.29 is 14.4 Å². The lowest BCUT2D eigenvalue weighted by molar-refractivity contribution is 0.185. The van der Waals surface area contributed by atoms with Crippen molar-refractivity contribution >= 4 is 11.6 Å². The van der Waals surface area contributed by atoms with Crippen LogP contribution in [0.3, 0.4) is 0 Å². The first-order valence-corrected chi connectivity index (χ1v) is 10.3. The van der Waals surface area contributed by atoms with Gasteiger partial charge in [-0.3, -0.25) is 4.98 Å². The van der Waals surface area contributed by atoms with Gasteiger partial charge in [-0.05, 0) is 54.3 Å². The minimum absolute atomic E-state index is 0.151. The van der Waals surface area contributed by atoms with E-state index in [0.29, 0.717) is 29.8 Å². The number of nitrogens with zero attached hydrogens (tertiary/aromatic N) is 3. The molecule has 2 aromatic carbocycles. The van der Waals surface area contributed by atoms with Crippen LogP contribution < -0.4 is 0 Å². The normalized spacial score (nSPS) is 11.1. The molecule has 1 N–H and O–H groups in total. The Bertz CT molecular complexity index is 1160. The molecular weight excluding hydrogens is 414 g/mol. The van der Waals surface area contributed by atoms with Gasteiger partial charge < -0.3 is 14.4 Å². The molecule has 0 aliphatic heterocycles. The molecule has 0 bridgehead atoms. The molecule has 0 saturated heterocycles. The van der Waals surface area contributed by atoms with Crippen LogP contribution in [-0.4, -0.2) is 33.9 Å². The lowest BCUT2D eigenvalue weighted by atomic mass is 9.97. The van der Waals surface area contributed by atoms with E-state index in [-0.39, 0.29) is 6.61 Å². The second-order valence-corrected chi connectivity index (χ2v) is 7.48. The van der Waals surface area contributed by atoms with Crippen LogP contribution in [0.2, 0.25) is 5.02 Å². The largest absolute Gasteiger partial charge is 0.396 e. The Morgan fingerprint density at radius 1 is 1.03 bits per heavy atom. The fraction of sp³-hybridized carbons (Fsp3) is 0.208. The minimum atomic E-state index is 0.151. The Morgan fingerprint density at radius 2 is 1.87 bits per heavy atom. The number of aromatic nitrogens is 3. The van der Waals surface area contributed by atoms with Gasteiger partial charge in [-0.25, -0.2) is 0 Å². The van der Waals surface area contributed by atoms with Crippen LogP contribution in [0.15, 0.2) is 65.3 Å². The first-order valence-electron chi connectivity index (χ1n) is 9.96. The van der Waals surface area contributed by atoms with Crippen LogP contribution in [0.4, 0.5) is 0 Å². The van der Waals surface area contributed by atoms with E-state index in [9.17, 15) is 0 Å². The van der Waals surface area contributed by atoms with Gasteiger partial charge >= 0.3 is 0 Å². The summed E-state index contributed by atoms with van der Waals surface area (Å²) in [5, 5.41) is 13.7. The number of rotatable bonds is 8. The molecule has 7 heteroatoms. The topological polar surface area (TPSA) is 81.3 Å². The highest BCUT2D eigenvalue weighted by molar-refractivity contribution is 6.33. The Labute approximate surface area is 185 Å². The smallest absolute Gasteiger partial charge is 0.258 e. The average Bonchev–Trinajstić information content (AvgIpc) is 3.29. The van der Waals surface area contributed by atoms with E-state index in [0.717, 1.165) is 39.9 Å². The lowest BCUT2D eigenvalue weighted by Crippen LogP contribution is -1.94. The molecule has 0 atom stereocenters. The maximum absolute atomic E-state index is 8.95. The molecule has 0 aliphatic carbocycles. The van der Waals surface area contributed by atoms with Gasteiger partial charge in [0, 0.05) is 47.3 Å². The van der Waals surface area contributed by atoms with E-state index >= 15 is 0 Å². The Kier molecular flexibility index (Phi) is 6.72. The Hall–Kier alpha value is -3.06. The fourth-order valence-electron chi connectivity index (χ4n) is 3.37. The summed E-state index contributed by atoms with van der Waals surface area (Å²) >= 11 is 6.40. The lowest BCUT2D eigenvalue weighted by Gasteiger charge is -2.11. The third kappa shape index (κ3) is 4.82. The number of hydrogen-bond acceptors (Lipinski definition) is 6. The summed E-state index contributed by atoms with van der Waals surface area (Å²) in [6.07, 6.45) is 3.14. The number of pyridine rings is 1. The number of halogens is 1. The van der Waals surface area contributed by atoms with Crippen molar-refractivity contribution in [3.8, 4) is 34.0 Å². The maximum Gasteiger partial charge on any atom is 0.258 e. The predicted octanol–water partition coefficient (Wildman–Crippen LogP) is 5.19. The van der Waals surface area contributed by atoms with Crippen LogP contribution >= 0.6 is 11.6 Å². The Morgan fingerprint density at radius 3 is 2.61 bits per heavy atom. The van der Waals surface area contributed by atoms with Gasteiger partial charge in [-0.1, -0.05) is 41.0 Å². The molecular formula is C24H22ClN3O3. The zero-order chi connectivity index (χ0) is 21.6. The number of aliphatic hydroxyl groups is 1. The van der Waals surface area contributed by atoms with Crippen molar-refractivity contribution in [1.29, 1.82) is 0 Å². The molecule has 2 aromatic heterocycles. The molecule has 0 saturated carbocycles. The molecule has 2 heterocycles. The van der Waals surface area contributed by atoms with Gasteiger partial charge in [-0.15, -0.1) is 0 Å². The van der Waals surface area contributed by atoms with Crippen LogP contribution in [0, 0.1) is 0 Å². The third-order valence-corrected chi connectivity index (χ3v) is 5.25. The van der Waals surface area contributed by atoms with E-state index in [1.165, 1.54) is 0 Å². The first kappa shape index (κ1) is 21.2. The third-order valence-electron chi connectivity index (χ3n) is 4.92. The van der Waals surface area contributed by atoms with Crippen molar-refractivity contribution in [2.24, 2.45) is 0 Å². The van der Waals surface area contributed by atoms with Gasteiger partial charge in [0.05, 0.1) is 6.61 Å². The summed E-state index contributed by atoms with van der Waals surface area (Å²) in [5.41, 5.74) is 5.41. The molecule has 4 aromatic rings. The van der Waals surface area contributed by atoms with Crippen molar-refractivity contribution in [3.05, 3.63) is 77.1 Å². The molecule has 0 radical (unpaired) electrons. The molecule has 0 aliphatic rings. The molecule has 4 rings (SSSR count). The molecule has 0 unspecified atom stereocenters. The minimum Gasteiger partial charge on any atom is -0.396 e. The van der Waals surface area contributed by atoms with Gasteiger partial charge in [0.1, 0.15) is 0 Å². The summed E-state index contributed by atoms with van der Waals surface area (Å²) in [7, 11) is 1.66. The summed E-state index contributed by atoms with van der Waals surface area (Å²) in [4.78, 5) is 8.94. The maximum atomic E-state index is 8.95. The zero-order valence-corrected chi connectivity index (χ0v) is 17.8. The van der Waals surface area contributed by atoms with Crippen LogP contribution in [0.25, 0.3) is 34.0 Å².